The van der Waals surface area contributed by atoms with Crippen molar-refractivity contribution in [3.05, 3.63) is 0 Å². The van der Waals surface area contributed by atoms with E-state index in [9.17, 15) is 44.1 Å². The maximum atomic E-state index is 14.0. The fourth-order valence-electron chi connectivity index (χ4n) is 8.67. The van der Waals surface area contributed by atoms with Crippen molar-refractivity contribution in [2.24, 2.45) is 0 Å². The Labute approximate surface area is 411 Å². The Hall–Kier alpha value is -3.34. The monoisotopic (exact) mass is 965 g/mol. The molecule has 0 radical (unpaired) electrons. The van der Waals surface area contributed by atoms with Gasteiger partial charge in [0, 0.05) is 84.8 Å². The summed E-state index contributed by atoms with van der Waals surface area (Å²) < 4.78 is 11.1. The summed E-state index contributed by atoms with van der Waals surface area (Å²) in [5.74, 6) is -4.89. The molecule has 0 aromatic carbocycles. The summed E-state index contributed by atoms with van der Waals surface area (Å²) in [7, 11) is 0. The highest BCUT2D eigenvalue weighted by Gasteiger charge is 2.22. The minimum Gasteiger partial charge on any atom is -0.549 e. The number of hydrogen-bond acceptors (Lipinski definition) is 15. The first-order chi connectivity index (χ1) is 32.9. The number of carbonyl (C=O) groups is 6. The molecule has 1 heterocycles. The molecule has 0 bridgehead atoms. The third-order valence-corrected chi connectivity index (χ3v) is 12.9. The average molecular weight is 965 g/mol. The highest BCUT2D eigenvalue weighted by Crippen LogP contribution is 2.15. The molecule has 0 unspecified atom stereocenters. The van der Waals surface area contributed by atoms with Crippen molar-refractivity contribution in [2.75, 3.05) is 105 Å². The minimum atomic E-state index is -1.31. The molecule has 1 aliphatic heterocycles. The molecule has 1 rings (SSSR count). The zero-order chi connectivity index (χ0) is 49.9. The third-order valence-electron chi connectivity index (χ3n) is 12.9. The minimum absolute atomic E-state index is 0.0307. The van der Waals surface area contributed by atoms with Crippen LogP contribution in [-0.2, 0) is 38.2 Å². The molecule has 0 saturated carbocycles. The standard InChI is InChI=1S/C52H97N5O11/c1-3-5-7-9-11-13-15-17-19-21-23-25-27-29-51(65)67-41-39-57(40-42-68-52(66)30-28-26-24-22-20-18-16-14-12-10-8-6-4-2)47(58)43-53-31-33-54(44-48(59)60)35-37-56(46-50(63)64)38-36-55(34-32-53)45-49(61)62/h3-46H2,1-2H3,(H,59,60)(H,61,62)(H,63,64)/p-3. The van der Waals surface area contributed by atoms with Crippen molar-refractivity contribution in [1.82, 2.24) is 24.5 Å². The van der Waals surface area contributed by atoms with Gasteiger partial charge >= 0.3 is 11.9 Å². The number of rotatable bonds is 42. The van der Waals surface area contributed by atoms with E-state index in [-0.39, 0.29) is 103 Å². The molecular weight excluding hydrogens is 871 g/mol. The molecule has 68 heavy (non-hydrogen) atoms. The number of aliphatic carboxylic acids is 3. The number of nitrogens with zero attached hydrogens (tertiary/aromatic N) is 5. The molecule has 1 fully saturated rings. The third kappa shape index (κ3) is 38.5. The number of amides is 1. The molecular formula is C52H94N5O11-3. The van der Waals surface area contributed by atoms with Gasteiger partial charge < -0.3 is 44.1 Å². The van der Waals surface area contributed by atoms with Gasteiger partial charge in [-0.2, -0.15) is 0 Å². The van der Waals surface area contributed by atoms with Crippen LogP contribution < -0.4 is 15.3 Å². The number of carboxylic acids is 3. The van der Waals surface area contributed by atoms with Crippen LogP contribution in [0.25, 0.3) is 0 Å². The second-order valence-electron chi connectivity index (χ2n) is 19.0. The Balaban J connectivity index is 2.78. The predicted molar refractivity (Wildman–Crippen MR) is 260 cm³/mol. The Kier molecular flexibility index (Phi) is 40.2. The molecule has 0 aliphatic carbocycles. The highest BCUT2D eigenvalue weighted by molar-refractivity contribution is 5.78. The van der Waals surface area contributed by atoms with Gasteiger partial charge in [-0.05, 0) is 12.8 Å². The first-order valence-corrected chi connectivity index (χ1v) is 27.0. The maximum Gasteiger partial charge on any atom is 0.305 e. The normalized spacial score (nSPS) is 14.8. The van der Waals surface area contributed by atoms with Crippen LogP contribution in [0.4, 0.5) is 0 Å². The van der Waals surface area contributed by atoms with Crippen molar-refractivity contribution in [2.45, 2.75) is 194 Å². The lowest BCUT2D eigenvalue weighted by atomic mass is 10.0. The molecule has 16 heteroatoms. The molecule has 396 valence electrons. The van der Waals surface area contributed by atoms with E-state index in [2.05, 4.69) is 13.8 Å². The molecule has 0 N–H and O–H groups in total. The van der Waals surface area contributed by atoms with E-state index in [1.54, 1.807) is 14.7 Å². The maximum absolute atomic E-state index is 14.0. The summed E-state index contributed by atoms with van der Waals surface area (Å²) in [4.78, 5) is 82.3. The smallest absolute Gasteiger partial charge is 0.305 e. The molecule has 1 saturated heterocycles. The van der Waals surface area contributed by atoms with Gasteiger partial charge in [-0.25, -0.2) is 0 Å². The zero-order valence-corrected chi connectivity index (χ0v) is 42.8. The lowest BCUT2D eigenvalue weighted by molar-refractivity contribution is -0.308. The van der Waals surface area contributed by atoms with Gasteiger partial charge in [-0.15, -0.1) is 0 Å². The van der Waals surface area contributed by atoms with Gasteiger partial charge in [0.15, 0.2) is 0 Å². The van der Waals surface area contributed by atoms with Crippen molar-refractivity contribution < 1.29 is 53.6 Å². The van der Waals surface area contributed by atoms with Crippen LogP contribution in [-0.4, -0.2) is 165 Å². The molecule has 0 aromatic rings. The van der Waals surface area contributed by atoms with Crippen LogP contribution in [0.2, 0.25) is 0 Å². The Morgan fingerprint density at radius 3 is 0.853 bits per heavy atom. The van der Waals surface area contributed by atoms with Gasteiger partial charge in [-0.1, -0.05) is 168 Å². The largest absolute Gasteiger partial charge is 0.549 e. The van der Waals surface area contributed by atoms with E-state index in [1.807, 2.05) is 4.90 Å². The number of carbonyl (C=O) groups excluding carboxylic acids is 6. The van der Waals surface area contributed by atoms with Crippen LogP contribution in [0.1, 0.15) is 194 Å². The van der Waals surface area contributed by atoms with E-state index >= 15 is 0 Å². The lowest BCUT2D eigenvalue weighted by Gasteiger charge is -2.35. The quantitative estimate of drug-likeness (QED) is 0.0617. The first kappa shape index (κ1) is 62.7. The first-order valence-electron chi connectivity index (χ1n) is 27.0. The number of ether oxygens (including phenoxy) is 2. The van der Waals surface area contributed by atoms with E-state index in [0.29, 0.717) is 12.8 Å². The van der Waals surface area contributed by atoms with Gasteiger partial charge in [0.1, 0.15) is 13.2 Å². The van der Waals surface area contributed by atoms with Gasteiger partial charge in [0.25, 0.3) is 0 Å². The SMILES string of the molecule is CCCCCCCCCCCCCCCC(=O)OCCN(CCOC(=O)CCCCCCCCCCCCCCC)C(=O)CN1CCN(CC(=O)[O-])CCN(CC(=O)[O-])CCN(CC(=O)[O-])CC1. The summed E-state index contributed by atoms with van der Waals surface area (Å²) in [6, 6.07) is 0. The van der Waals surface area contributed by atoms with Crippen LogP contribution in [0.5, 0.6) is 0 Å². The number of carboxylic acid groups (broad SMARTS) is 3. The molecule has 0 spiro atoms. The Morgan fingerprint density at radius 2 is 0.603 bits per heavy atom. The summed E-state index contributed by atoms with van der Waals surface area (Å²) in [5, 5.41) is 34.7. The molecule has 1 amide bonds. The topological polar surface area (TPSA) is 206 Å². The molecule has 16 nitrogen and oxygen atoms in total. The molecule has 0 atom stereocenters. The van der Waals surface area contributed by atoms with Crippen LogP contribution >= 0.6 is 0 Å². The van der Waals surface area contributed by atoms with E-state index in [4.69, 9.17) is 9.47 Å². The fourth-order valence-corrected chi connectivity index (χ4v) is 8.67. The Bertz CT molecular complexity index is 1240. The summed E-state index contributed by atoms with van der Waals surface area (Å²) in [6.07, 6.45) is 31.9. The van der Waals surface area contributed by atoms with Crippen molar-refractivity contribution >= 4 is 35.8 Å². The highest BCUT2D eigenvalue weighted by atomic mass is 16.5. The predicted octanol–water partition coefficient (Wildman–Crippen LogP) is 4.34. The van der Waals surface area contributed by atoms with Crippen LogP contribution in [0, 0.1) is 0 Å². The van der Waals surface area contributed by atoms with E-state index < -0.39 is 37.5 Å². The second kappa shape index (κ2) is 43.7. The second-order valence-corrected chi connectivity index (χ2v) is 19.0. The summed E-state index contributed by atoms with van der Waals surface area (Å²) in [6.45, 7) is 4.85. The average Bonchev–Trinajstić information content (AvgIpc) is 3.29. The molecule has 0 aromatic heterocycles. The van der Waals surface area contributed by atoms with Gasteiger partial charge in [0.05, 0.1) is 37.5 Å². The van der Waals surface area contributed by atoms with Gasteiger partial charge in [-0.3, -0.25) is 34.0 Å². The number of hydrogen-bond donors (Lipinski definition) is 0. The molecule has 1 aliphatic rings. The number of esters is 2. The van der Waals surface area contributed by atoms with Gasteiger partial charge in [0.2, 0.25) is 5.91 Å². The van der Waals surface area contributed by atoms with Crippen LogP contribution in [0.3, 0.4) is 0 Å². The van der Waals surface area contributed by atoms with Crippen molar-refractivity contribution in [3.8, 4) is 0 Å². The van der Waals surface area contributed by atoms with E-state index in [1.165, 1.54) is 120 Å². The summed E-state index contributed by atoms with van der Waals surface area (Å²) >= 11 is 0. The van der Waals surface area contributed by atoms with Crippen molar-refractivity contribution in [3.63, 3.8) is 0 Å². The zero-order valence-electron chi connectivity index (χ0n) is 42.8. The fraction of sp³-hybridized carbons (Fsp3) is 0.885. The Morgan fingerprint density at radius 1 is 0.368 bits per heavy atom. The number of unbranched alkanes of at least 4 members (excludes halogenated alkanes) is 24. The summed E-state index contributed by atoms with van der Waals surface area (Å²) in [5.41, 5.74) is 0. The van der Waals surface area contributed by atoms with Crippen LogP contribution in [0.15, 0.2) is 0 Å². The lowest BCUT2D eigenvalue weighted by Crippen LogP contribution is -2.52. The van der Waals surface area contributed by atoms with E-state index in [0.717, 1.165) is 51.4 Å². The van der Waals surface area contributed by atoms with Crippen molar-refractivity contribution in [1.29, 1.82) is 0 Å².